The van der Waals surface area contributed by atoms with Gasteiger partial charge < -0.3 is 0 Å². The molecule has 1 radical (unpaired) electrons. The molecule has 1 nitrogen and oxygen atoms in total. The summed E-state index contributed by atoms with van der Waals surface area (Å²) < 4.78 is 0. The molecule has 0 atom stereocenters. The van der Waals surface area contributed by atoms with E-state index in [4.69, 9.17) is 0 Å². The first-order valence-electron chi connectivity index (χ1n) is 4.67. The average Bonchev–Trinajstić information content (AvgIpc) is 2.29. The largest absolute Gasteiger partial charge is 0.264 e. The molecule has 0 aliphatic heterocycles. The van der Waals surface area contributed by atoms with Crippen LogP contribution in [0.3, 0.4) is 0 Å². The molecule has 0 amide bonds. The van der Waals surface area contributed by atoms with Crippen molar-refractivity contribution in [1.29, 1.82) is 0 Å². The fourth-order valence-electron chi connectivity index (χ4n) is 1.84. The molecule has 0 saturated heterocycles. The SMILES string of the molecule is [Ir].c1ccc2c(c1)ccc1ccncc12. The zero-order valence-electron chi connectivity index (χ0n) is 7.98. The zero-order chi connectivity index (χ0) is 9.38. The van der Waals surface area contributed by atoms with Gasteiger partial charge in [0.1, 0.15) is 0 Å². The second-order valence-corrected chi connectivity index (χ2v) is 3.38. The van der Waals surface area contributed by atoms with Crippen molar-refractivity contribution in [3.05, 3.63) is 54.9 Å². The molecule has 2 heteroatoms. The standard InChI is InChI=1S/C13H9N.Ir/c1-2-4-12-10(3-1)5-6-11-7-8-14-9-13(11)12;/h1-9H;. The van der Waals surface area contributed by atoms with Crippen LogP contribution in [-0.4, -0.2) is 4.98 Å². The number of rotatable bonds is 0. The molecule has 0 fully saturated rings. The van der Waals surface area contributed by atoms with Crippen LogP contribution in [0, 0.1) is 0 Å². The van der Waals surface area contributed by atoms with Crippen molar-refractivity contribution in [1.82, 2.24) is 4.98 Å². The van der Waals surface area contributed by atoms with Crippen LogP contribution in [-0.2, 0) is 20.1 Å². The third kappa shape index (κ3) is 1.67. The Morgan fingerprint density at radius 2 is 1.47 bits per heavy atom. The smallest absolute Gasteiger partial charge is 0.0352 e. The Hall–Kier alpha value is -1.24. The van der Waals surface area contributed by atoms with Crippen molar-refractivity contribution in [3.63, 3.8) is 0 Å². The molecule has 0 unspecified atom stereocenters. The molecule has 3 aromatic rings. The van der Waals surface area contributed by atoms with Crippen molar-refractivity contribution in [2.24, 2.45) is 0 Å². The van der Waals surface area contributed by atoms with E-state index in [1.54, 1.807) is 0 Å². The molecule has 3 rings (SSSR count). The molecule has 0 aliphatic carbocycles. The first-order valence-corrected chi connectivity index (χ1v) is 4.67. The van der Waals surface area contributed by atoms with Crippen LogP contribution >= 0.6 is 0 Å². The summed E-state index contributed by atoms with van der Waals surface area (Å²) in [6.45, 7) is 0. The second-order valence-electron chi connectivity index (χ2n) is 3.38. The zero-order valence-corrected chi connectivity index (χ0v) is 10.4. The number of benzene rings is 2. The normalized spacial score (nSPS) is 10.1. The molecule has 2 aromatic carbocycles. The Labute approximate surface area is 101 Å². The number of fused-ring (bicyclic) bond motifs is 3. The number of aromatic nitrogens is 1. The van der Waals surface area contributed by atoms with Crippen molar-refractivity contribution in [2.45, 2.75) is 0 Å². The van der Waals surface area contributed by atoms with Gasteiger partial charge in [-0.2, -0.15) is 0 Å². The minimum atomic E-state index is 0. The van der Waals surface area contributed by atoms with Gasteiger partial charge in [0.2, 0.25) is 0 Å². The minimum absolute atomic E-state index is 0. The maximum absolute atomic E-state index is 4.16. The molecular formula is C13H9IrN. The summed E-state index contributed by atoms with van der Waals surface area (Å²) in [4.78, 5) is 4.16. The van der Waals surface area contributed by atoms with E-state index in [0.29, 0.717) is 0 Å². The predicted octanol–water partition coefficient (Wildman–Crippen LogP) is 3.39. The van der Waals surface area contributed by atoms with Gasteiger partial charge >= 0.3 is 0 Å². The van der Waals surface area contributed by atoms with E-state index in [1.807, 2.05) is 18.5 Å². The van der Waals surface area contributed by atoms with Crippen molar-refractivity contribution >= 4 is 21.5 Å². The van der Waals surface area contributed by atoms with Gasteiger partial charge in [0.25, 0.3) is 0 Å². The number of hydrogen-bond acceptors (Lipinski definition) is 1. The van der Waals surface area contributed by atoms with Crippen LogP contribution in [0.2, 0.25) is 0 Å². The number of hydrogen-bond donors (Lipinski definition) is 0. The summed E-state index contributed by atoms with van der Waals surface area (Å²) >= 11 is 0. The van der Waals surface area contributed by atoms with Gasteiger partial charge in [-0.05, 0) is 22.2 Å². The van der Waals surface area contributed by atoms with Gasteiger partial charge in [-0.15, -0.1) is 0 Å². The van der Waals surface area contributed by atoms with Gasteiger partial charge in [0, 0.05) is 37.9 Å². The Balaban J connectivity index is 0.000000853. The van der Waals surface area contributed by atoms with E-state index in [0.717, 1.165) is 0 Å². The summed E-state index contributed by atoms with van der Waals surface area (Å²) in [6.07, 6.45) is 3.76. The number of pyridine rings is 1. The van der Waals surface area contributed by atoms with Crippen LogP contribution in [0.25, 0.3) is 21.5 Å². The van der Waals surface area contributed by atoms with E-state index in [2.05, 4.69) is 41.4 Å². The van der Waals surface area contributed by atoms with Crippen molar-refractivity contribution in [2.75, 3.05) is 0 Å². The van der Waals surface area contributed by atoms with Crippen molar-refractivity contribution < 1.29 is 20.1 Å². The Kier molecular flexibility index (Phi) is 2.81. The third-order valence-electron chi connectivity index (χ3n) is 2.55. The quantitative estimate of drug-likeness (QED) is 0.552. The summed E-state index contributed by atoms with van der Waals surface area (Å²) in [5.41, 5.74) is 0. The molecule has 0 spiro atoms. The molecule has 0 aliphatic rings. The van der Waals surface area contributed by atoms with E-state index in [-0.39, 0.29) is 20.1 Å². The minimum Gasteiger partial charge on any atom is -0.264 e. The monoisotopic (exact) mass is 372 g/mol. The Morgan fingerprint density at radius 3 is 2.33 bits per heavy atom. The van der Waals surface area contributed by atoms with E-state index in [1.165, 1.54) is 21.5 Å². The topological polar surface area (TPSA) is 12.9 Å². The van der Waals surface area contributed by atoms with E-state index >= 15 is 0 Å². The molecule has 1 aromatic heterocycles. The molecule has 0 N–H and O–H groups in total. The van der Waals surface area contributed by atoms with E-state index < -0.39 is 0 Å². The first kappa shape index (κ1) is 10.3. The second kappa shape index (κ2) is 4.09. The van der Waals surface area contributed by atoms with Crippen LogP contribution in [0.5, 0.6) is 0 Å². The van der Waals surface area contributed by atoms with E-state index in [9.17, 15) is 0 Å². The summed E-state index contributed by atoms with van der Waals surface area (Å²) in [6, 6.07) is 14.7. The Bertz CT molecular complexity index is 550. The molecule has 75 valence electrons. The molecule has 0 saturated carbocycles. The van der Waals surface area contributed by atoms with Gasteiger partial charge in [-0.25, -0.2) is 0 Å². The van der Waals surface area contributed by atoms with Crippen LogP contribution in [0.4, 0.5) is 0 Å². The van der Waals surface area contributed by atoms with Crippen LogP contribution in [0.1, 0.15) is 0 Å². The maximum atomic E-state index is 4.16. The molecule has 15 heavy (non-hydrogen) atoms. The Morgan fingerprint density at radius 1 is 0.733 bits per heavy atom. The van der Waals surface area contributed by atoms with Gasteiger partial charge in [-0.1, -0.05) is 36.4 Å². The van der Waals surface area contributed by atoms with Crippen molar-refractivity contribution in [3.8, 4) is 0 Å². The maximum Gasteiger partial charge on any atom is 0.0352 e. The van der Waals surface area contributed by atoms with Gasteiger partial charge in [0.15, 0.2) is 0 Å². The molecule has 0 bridgehead atoms. The van der Waals surface area contributed by atoms with Crippen LogP contribution in [0.15, 0.2) is 54.9 Å². The molecular weight excluding hydrogens is 362 g/mol. The predicted molar refractivity (Wildman–Crippen MR) is 59.2 cm³/mol. The number of nitrogens with zero attached hydrogens (tertiary/aromatic N) is 1. The third-order valence-corrected chi connectivity index (χ3v) is 2.55. The van der Waals surface area contributed by atoms with Gasteiger partial charge in [-0.3, -0.25) is 4.98 Å². The fraction of sp³-hybridized carbons (Fsp3) is 0. The average molecular weight is 371 g/mol. The molecule has 1 heterocycles. The first-order chi connectivity index (χ1) is 6.95. The van der Waals surface area contributed by atoms with Crippen LogP contribution < -0.4 is 0 Å². The summed E-state index contributed by atoms with van der Waals surface area (Å²) in [7, 11) is 0. The van der Waals surface area contributed by atoms with Gasteiger partial charge in [0.05, 0.1) is 0 Å². The summed E-state index contributed by atoms with van der Waals surface area (Å²) in [5.74, 6) is 0. The summed E-state index contributed by atoms with van der Waals surface area (Å²) in [5, 5.41) is 5.02. The fourth-order valence-corrected chi connectivity index (χ4v) is 1.84.